The number of hydrogen-bond donors (Lipinski definition) is 1. The molecule has 18 heavy (non-hydrogen) atoms. The normalized spacial score (nSPS) is 16.1. The van der Waals surface area contributed by atoms with E-state index in [0.717, 1.165) is 50.5 Å². The first kappa shape index (κ1) is 13.2. The molecule has 1 aromatic carbocycles. The molecule has 1 aliphatic rings. The summed E-state index contributed by atoms with van der Waals surface area (Å²) in [5.41, 5.74) is 1.32. The summed E-state index contributed by atoms with van der Waals surface area (Å²) < 4.78 is 11.3. The minimum atomic E-state index is 0.561. The number of aryl methyl sites for hydroxylation is 1. The lowest BCUT2D eigenvalue weighted by atomic mass is 10.1. The molecule has 0 aromatic heterocycles. The van der Waals surface area contributed by atoms with Crippen molar-refractivity contribution in [1.82, 2.24) is 5.32 Å². The van der Waals surface area contributed by atoms with Crippen LogP contribution in [0.15, 0.2) is 18.2 Å². The SMILES string of the molecule is CCNC(C)CCc1ccc2c(c1)OCCCO2. The van der Waals surface area contributed by atoms with Gasteiger partial charge in [-0.3, -0.25) is 0 Å². The number of fused-ring (bicyclic) bond motifs is 1. The number of nitrogens with one attached hydrogen (secondary N) is 1. The molecule has 3 heteroatoms. The van der Waals surface area contributed by atoms with Crippen LogP contribution in [0.5, 0.6) is 11.5 Å². The molecular weight excluding hydrogens is 226 g/mol. The van der Waals surface area contributed by atoms with E-state index < -0.39 is 0 Å². The van der Waals surface area contributed by atoms with Gasteiger partial charge in [0.2, 0.25) is 0 Å². The van der Waals surface area contributed by atoms with E-state index in [1.54, 1.807) is 0 Å². The van der Waals surface area contributed by atoms with Crippen LogP contribution in [0.1, 0.15) is 32.3 Å². The maximum atomic E-state index is 5.70. The van der Waals surface area contributed by atoms with Gasteiger partial charge in [0.15, 0.2) is 11.5 Å². The molecule has 0 radical (unpaired) electrons. The van der Waals surface area contributed by atoms with E-state index in [1.165, 1.54) is 5.56 Å². The first-order valence-corrected chi connectivity index (χ1v) is 6.91. The van der Waals surface area contributed by atoms with Crippen LogP contribution < -0.4 is 14.8 Å². The lowest BCUT2D eigenvalue weighted by Crippen LogP contribution is -2.25. The van der Waals surface area contributed by atoms with Crippen molar-refractivity contribution in [2.45, 2.75) is 39.2 Å². The summed E-state index contributed by atoms with van der Waals surface area (Å²) >= 11 is 0. The highest BCUT2D eigenvalue weighted by Gasteiger charge is 2.10. The lowest BCUT2D eigenvalue weighted by molar-refractivity contribution is 0.297. The third-order valence-corrected chi connectivity index (χ3v) is 3.23. The zero-order valence-electron chi connectivity index (χ0n) is 11.4. The molecular formula is C15H23NO2. The highest BCUT2D eigenvalue weighted by molar-refractivity contribution is 5.43. The van der Waals surface area contributed by atoms with Crippen LogP contribution in [0.3, 0.4) is 0 Å². The quantitative estimate of drug-likeness (QED) is 0.870. The van der Waals surface area contributed by atoms with Crippen molar-refractivity contribution in [3.05, 3.63) is 23.8 Å². The van der Waals surface area contributed by atoms with Gasteiger partial charge >= 0.3 is 0 Å². The summed E-state index contributed by atoms with van der Waals surface area (Å²) in [7, 11) is 0. The summed E-state index contributed by atoms with van der Waals surface area (Å²) in [6.45, 7) is 6.91. The highest BCUT2D eigenvalue weighted by atomic mass is 16.5. The predicted octanol–water partition coefficient (Wildman–Crippen LogP) is 2.78. The van der Waals surface area contributed by atoms with Crippen molar-refractivity contribution in [2.75, 3.05) is 19.8 Å². The first-order chi connectivity index (χ1) is 8.79. The molecule has 0 aliphatic carbocycles. The van der Waals surface area contributed by atoms with Crippen LogP contribution in [0.4, 0.5) is 0 Å². The molecule has 100 valence electrons. The average molecular weight is 249 g/mol. The molecule has 1 unspecified atom stereocenters. The molecule has 0 spiro atoms. The Kier molecular flexibility index (Phi) is 4.88. The molecule has 0 fully saturated rings. The average Bonchev–Trinajstić information content (AvgIpc) is 2.61. The Morgan fingerprint density at radius 1 is 1.22 bits per heavy atom. The van der Waals surface area contributed by atoms with Crippen molar-refractivity contribution in [3.8, 4) is 11.5 Å². The molecule has 0 saturated heterocycles. The van der Waals surface area contributed by atoms with Gasteiger partial charge in [-0.15, -0.1) is 0 Å². The van der Waals surface area contributed by atoms with Crippen LogP contribution >= 0.6 is 0 Å². The second-order valence-corrected chi connectivity index (χ2v) is 4.83. The molecule has 1 heterocycles. The van der Waals surface area contributed by atoms with E-state index in [9.17, 15) is 0 Å². The van der Waals surface area contributed by atoms with Crippen molar-refractivity contribution >= 4 is 0 Å². The lowest BCUT2D eigenvalue weighted by Gasteiger charge is -2.13. The number of benzene rings is 1. The topological polar surface area (TPSA) is 30.5 Å². The van der Waals surface area contributed by atoms with Gasteiger partial charge in [0.25, 0.3) is 0 Å². The standard InChI is InChI=1S/C15H23NO2/c1-3-16-12(2)5-6-13-7-8-14-15(11-13)18-10-4-9-17-14/h7-8,11-12,16H,3-6,9-10H2,1-2H3. The monoisotopic (exact) mass is 249 g/mol. The van der Waals surface area contributed by atoms with Crippen molar-refractivity contribution in [3.63, 3.8) is 0 Å². The third kappa shape index (κ3) is 3.64. The molecule has 0 saturated carbocycles. The second kappa shape index (κ2) is 6.64. The Hall–Kier alpha value is -1.22. The Bertz CT molecular complexity index is 379. The summed E-state index contributed by atoms with van der Waals surface area (Å²) in [4.78, 5) is 0. The minimum absolute atomic E-state index is 0.561. The second-order valence-electron chi connectivity index (χ2n) is 4.83. The van der Waals surface area contributed by atoms with E-state index in [2.05, 4.69) is 31.3 Å². The highest BCUT2D eigenvalue weighted by Crippen LogP contribution is 2.30. The van der Waals surface area contributed by atoms with Gasteiger partial charge in [-0.1, -0.05) is 13.0 Å². The van der Waals surface area contributed by atoms with Crippen LogP contribution in [-0.4, -0.2) is 25.8 Å². The molecule has 3 nitrogen and oxygen atoms in total. The number of ether oxygens (including phenoxy) is 2. The van der Waals surface area contributed by atoms with Gasteiger partial charge in [0, 0.05) is 12.5 Å². The smallest absolute Gasteiger partial charge is 0.161 e. The summed E-state index contributed by atoms with van der Waals surface area (Å²) in [5.74, 6) is 1.79. The fourth-order valence-corrected chi connectivity index (χ4v) is 2.20. The molecule has 1 aromatic rings. The van der Waals surface area contributed by atoms with Crippen LogP contribution in [-0.2, 0) is 6.42 Å². The Morgan fingerprint density at radius 2 is 2.00 bits per heavy atom. The van der Waals surface area contributed by atoms with E-state index >= 15 is 0 Å². The Labute approximate surface area is 109 Å². The summed E-state index contributed by atoms with van der Waals surface area (Å²) in [6.07, 6.45) is 3.18. The third-order valence-electron chi connectivity index (χ3n) is 3.23. The van der Waals surface area contributed by atoms with E-state index in [4.69, 9.17) is 9.47 Å². The van der Waals surface area contributed by atoms with Crippen molar-refractivity contribution in [2.24, 2.45) is 0 Å². The van der Waals surface area contributed by atoms with Gasteiger partial charge in [-0.05, 0) is 44.0 Å². The van der Waals surface area contributed by atoms with Gasteiger partial charge in [-0.25, -0.2) is 0 Å². The molecule has 0 bridgehead atoms. The van der Waals surface area contributed by atoms with E-state index in [0.29, 0.717) is 6.04 Å². The van der Waals surface area contributed by atoms with Gasteiger partial charge in [-0.2, -0.15) is 0 Å². The fraction of sp³-hybridized carbons (Fsp3) is 0.600. The summed E-state index contributed by atoms with van der Waals surface area (Å²) in [5, 5.41) is 3.43. The largest absolute Gasteiger partial charge is 0.490 e. The fourth-order valence-electron chi connectivity index (χ4n) is 2.20. The molecule has 2 rings (SSSR count). The molecule has 1 N–H and O–H groups in total. The Balaban J connectivity index is 1.95. The zero-order chi connectivity index (χ0) is 12.8. The van der Waals surface area contributed by atoms with Gasteiger partial charge in [0.05, 0.1) is 13.2 Å². The van der Waals surface area contributed by atoms with Crippen molar-refractivity contribution < 1.29 is 9.47 Å². The van der Waals surface area contributed by atoms with Crippen LogP contribution in [0, 0.1) is 0 Å². The van der Waals surface area contributed by atoms with Crippen LogP contribution in [0.2, 0.25) is 0 Å². The predicted molar refractivity (Wildman–Crippen MR) is 73.5 cm³/mol. The molecule has 0 amide bonds. The minimum Gasteiger partial charge on any atom is -0.490 e. The number of hydrogen-bond acceptors (Lipinski definition) is 3. The number of rotatable bonds is 5. The van der Waals surface area contributed by atoms with E-state index in [1.807, 2.05) is 6.07 Å². The summed E-state index contributed by atoms with van der Waals surface area (Å²) in [6, 6.07) is 6.87. The van der Waals surface area contributed by atoms with E-state index in [-0.39, 0.29) is 0 Å². The van der Waals surface area contributed by atoms with Crippen LogP contribution in [0.25, 0.3) is 0 Å². The van der Waals surface area contributed by atoms with Gasteiger partial charge < -0.3 is 14.8 Å². The molecule has 1 atom stereocenters. The Morgan fingerprint density at radius 3 is 2.78 bits per heavy atom. The zero-order valence-corrected chi connectivity index (χ0v) is 11.4. The van der Waals surface area contributed by atoms with Crippen molar-refractivity contribution in [1.29, 1.82) is 0 Å². The first-order valence-electron chi connectivity index (χ1n) is 6.91. The molecule has 1 aliphatic heterocycles. The maximum Gasteiger partial charge on any atom is 0.161 e. The van der Waals surface area contributed by atoms with Gasteiger partial charge in [0.1, 0.15) is 0 Å². The maximum absolute atomic E-state index is 5.70.